The van der Waals surface area contributed by atoms with Gasteiger partial charge in [-0.2, -0.15) is 5.10 Å². The molecule has 0 aliphatic carbocycles. The zero-order chi connectivity index (χ0) is 13.9. The predicted octanol–water partition coefficient (Wildman–Crippen LogP) is 1.59. The number of aryl methyl sites for hydroxylation is 2. The summed E-state index contributed by atoms with van der Waals surface area (Å²) in [6.07, 6.45) is 2.35. The van der Waals surface area contributed by atoms with Gasteiger partial charge in [0.1, 0.15) is 0 Å². The van der Waals surface area contributed by atoms with Crippen LogP contribution in [0, 0.1) is 6.92 Å². The van der Waals surface area contributed by atoms with Crippen molar-refractivity contribution in [3.05, 3.63) is 30.0 Å². The van der Waals surface area contributed by atoms with Gasteiger partial charge in [-0.25, -0.2) is 0 Å². The lowest BCUT2D eigenvalue weighted by atomic mass is 10.2. The van der Waals surface area contributed by atoms with E-state index in [1.54, 1.807) is 0 Å². The number of benzene rings is 1. The highest BCUT2D eigenvalue weighted by atomic mass is 16.5. The third-order valence-corrected chi connectivity index (χ3v) is 3.76. The van der Waals surface area contributed by atoms with Gasteiger partial charge < -0.3 is 9.64 Å². The number of carbonyl (C=O) groups is 1. The van der Waals surface area contributed by atoms with E-state index in [1.807, 2.05) is 21.8 Å². The molecule has 20 heavy (non-hydrogen) atoms. The molecule has 1 amide bonds. The molecule has 2 aromatic rings. The van der Waals surface area contributed by atoms with Gasteiger partial charge in [0.05, 0.1) is 31.5 Å². The Balaban J connectivity index is 1.69. The summed E-state index contributed by atoms with van der Waals surface area (Å²) in [6, 6.07) is 6.16. The van der Waals surface area contributed by atoms with Crippen molar-refractivity contribution in [2.45, 2.75) is 19.9 Å². The quantitative estimate of drug-likeness (QED) is 0.853. The van der Waals surface area contributed by atoms with Crippen LogP contribution in [0.25, 0.3) is 10.9 Å². The standard InChI is InChI=1S/C15H19N3O2/c1-12-3-2-4-13-11-16-18(15(12)13)6-5-14(19)17-7-9-20-10-8-17/h2-4,11H,5-10H2,1H3. The zero-order valence-electron chi connectivity index (χ0n) is 11.7. The molecule has 0 saturated carbocycles. The minimum atomic E-state index is 0.186. The first kappa shape index (κ1) is 13.1. The van der Waals surface area contributed by atoms with E-state index >= 15 is 0 Å². The normalized spacial score (nSPS) is 15.8. The van der Waals surface area contributed by atoms with Crippen molar-refractivity contribution in [3.8, 4) is 0 Å². The van der Waals surface area contributed by atoms with Gasteiger partial charge in [0.2, 0.25) is 5.91 Å². The van der Waals surface area contributed by atoms with E-state index in [1.165, 1.54) is 5.56 Å². The van der Waals surface area contributed by atoms with Gasteiger partial charge in [-0.3, -0.25) is 9.48 Å². The molecule has 1 aromatic heterocycles. The second kappa shape index (κ2) is 5.63. The number of carbonyl (C=O) groups excluding carboxylic acids is 1. The van der Waals surface area contributed by atoms with Crippen molar-refractivity contribution in [2.75, 3.05) is 26.3 Å². The van der Waals surface area contributed by atoms with Crippen molar-refractivity contribution in [1.29, 1.82) is 0 Å². The van der Waals surface area contributed by atoms with Crippen LogP contribution < -0.4 is 0 Å². The molecule has 0 atom stereocenters. The fraction of sp³-hybridized carbons (Fsp3) is 0.467. The Morgan fingerprint density at radius 3 is 2.95 bits per heavy atom. The van der Waals surface area contributed by atoms with Crippen LogP contribution in [-0.4, -0.2) is 46.9 Å². The van der Waals surface area contributed by atoms with E-state index in [9.17, 15) is 4.79 Å². The van der Waals surface area contributed by atoms with Gasteiger partial charge in [-0.1, -0.05) is 18.2 Å². The van der Waals surface area contributed by atoms with Gasteiger partial charge in [-0.15, -0.1) is 0 Å². The summed E-state index contributed by atoms with van der Waals surface area (Å²) in [5, 5.41) is 5.52. The maximum Gasteiger partial charge on any atom is 0.224 e. The molecule has 1 fully saturated rings. The summed E-state index contributed by atoms with van der Waals surface area (Å²) in [5.41, 5.74) is 2.32. The maximum atomic E-state index is 12.1. The van der Waals surface area contributed by atoms with Crippen LogP contribution in [0.3, 0.4) is 0 Å². The van der Waals surface area contributed by atoms with Crippen LogP contribution in [-0.2, 0) is 16.1 Å². The molecule has 0 spiro atoms. The SMILES string of the molecule is Cc1cccc2cnn(CCC(=O)N3CCOCC3)c12. The lowest BCUT2D eigenvalue weighted by Crippen LogP contribution is -2.41. The second-order valence-electron chi connectivity index (χ2n) is 5.12. The largest absolute Gasteiger partial charge is 0.378 e. The third kappa shape index (κ3) is 2.54. The molecule has 0 N–H and O–H groups in total. The Morgan fingerprint density at radius 2 is 2.15 bits per heavy atom. The molecule has 1 aliphatic rings. The molecule has 0 bridgehead atoms. The maximum absolute atomic E-state index is 12.1. The number of hydrogen-bond acceptors (Lipinski definition) is 3. The highest BCUT2D eigenvalue weighted by Gasteiger charge is 2.17. The van der Waals surface area contributed by atoms with Crippen molar-refractivity contribution in [2.24, 2.45) is 0 Å². The van der Waals surface area contributed by atoms with Crippen molar-refractivity contribution in [1.82, 2.24) is 14.7 Å². The second-order valence-corrected chi connectivity index (χ2v) is 5.12. The summed E-state index contributed by atoms with van der Waals surface area (Å²) in [7, 11) is 0. The smallest absolute Gasteiger partial charge is 0.224 e. The summed E-state index contributed by atoms with van der Waals surface area (Å²) < 4.78 is 7.20. The van der Waals surface area contributed by atoms with E-state index in [4.69, 9.17) is 4.74 Å². The van der Waals surface area contributed by atoms with E-state index in [0.717, 1.165) is 10.9 Å². The molecule has 1 aliphatic heterocycles. The van der Waals surface area contributed by atoms with E-state index in [2.05, 4.69) is 24.2 Å². The van der Waals surface area contributed by atoms with E-state index < -0.39 is 0 Å². The van der Waals surface area contributed by atoms with Crippen molar-refractivity contribution in [3.63, 3.8) is 0 Å². The van der Waals surface area contributed by atoms with Gasteiger partial charge in [0, 0.05) is 24.9 Å². The Bertz CT molecular complexity index is 615. The average Bonchev–Trinajstić information content (AvgIpc) is 2.90. The van der Waals surface area contributed by atoms with Crippen LogP contribution in [0.5, 0.6) is 0 Å². The number of hydrogen-bond donors (Lipinski definition) is 0. The van der Waals surface area contributed by atoms with Crippen molar-refractivity contribution < 1.29 is 9.53 Å². The van der Waals surface area contributed by atoms with Crippen LogP contribution >= 0.6 is 0 Å². The highest BCUT2D eigenvalue weighted by Crippen LogP contribution is 2.18. The van der Waals surface area contributed by atoms with Gasteiger partial charge in [-0.05, 0) is 12.5 Å². The summed E-state index contributed by atoms with van der Waals surface area (Å²) >= 11 is 0. The van der Waals surface area contributed by atoms with Crippen molar-refractivity contribution >= 4 is 16.8 Å². The molecule has 5 heteroatoms. The lowest BCUT2D eigenvalue weighted by molar-refractivity contribution is -0.135. The number of rotatable bonds is 3. The predicted molar refractivity (Wildman–Crippen MR) is 76.5 cm³/mol. The molecular formula is C15H19N3O2. The molecule has 0 unspecified atom stereocenters. The monoisotopic (exact) mass is 273 g/mol. The Kier molecular flexibility index (Phi) is 3.69. The number of aromatic nitrogens is 2. The first-order valence-electron chi connectivity index (χ1n) is 7.02. The lowest BCUT2D eigenvalue weighted by Gasteiger charge is -2.26. The summed E-state index contributed by atoms with van der Waals surface area (Å²) in [4.78, 5) is 14.0. The van der Waals surface area contributed by atoms with Gasteiger partial charge in [0.25, 0.3) is 0 Å². The first-order valence-corrected chi connectivity index (χ1v) is 7.02. The number of ether oxygens (including phenoxy) is 1. The fourth-order valence-electron chi connectivity index (χ4n) is 2.67. The number of nitrogens with zero attached hydrogens (tertiary/aromatic N) is 3. The van der Waals surface area contributed by atoms with Crippen LogP contribution in [0.4, 0.5) is 0 Å². The first-order chi connectivity index (χ1) is 9.75. The Hall–Kier alpha value is -1.88. The number of para-hydroxylation sites is 1. The van der Waals surface area contributed by atoms with Gasteiger partial charge in [0.15, 0.2) is 0 Å². The average molecular weight is 273 g/mol. The minimum Gasteiger partial charge on any atom is -0.378 e. The van der Waals surface area contributed by atoms with Crippen LogP contribution in [0.2, 0.25) is 0 Å². The van der Waals surface area contributed by atoms with E-state index in [0.29, 0.717) is 39.3 Å². The third-order valence-electron chi connectivity index (χ3n) is 3.76. The molecular weight excluding hydrogens is 254 g/mol. The Labute approximate surface area is 118 Å². The van der Waals surface area contributed by atoms with Crippen LogP contribution in [0.15, 0.2) is 24.4 Å². The summed E-state index contributed by atoms with van der Waals surface area (Å²) in [6.45, 7) is 5.41. The van der Waals surface area contributed by atoms with E-state index in [-0.39, 0.29) is 5.91 Å². The molecule has 3 rings (SSSR count). The molecule has 1 saturated heterocycles. The minimum absolute atomic E-state index is 0.186. The van der Waals surface area contributed by atoms with Crippen LogP contribution in [0.1, 0.15) is 12.0 Å². The Morgan fingerprint density at radius 1 is 1.35 bits per heavy atom. The topological polar surface area (TPSA) is 47.4 Å². The molecule has 2 heterocycles. The number of amides is 1. The number of morpholine rings is 1. The summed E-state index contributed by atoms with van der Waals surface area (Å²) in [5.74, 6) is 0.186. The molecule has 0 radical (unpaired) electrons. The molecule has 106 valence electrons. The zero-order valence-corrected chi connectivity index (χ0v) is 11.7. The fourth-order valence-corrected chi connectivity index (χ4v) is 2.67. The number of fused-ring (bicyclic) bond motifs is 1. The molecule has 5 nitrogen and oxygen atoms in total. The van der Waals surface area contributed by atoms with Gasteiger partial charge >= 0.3 is 0 Å². The molecule has 1 aromatic carbocycles. The highest BCUT2D eigenvalue weighted by molar-refractivity contribution is 5.82.